The molecule has 4 heteroatoms. The van der Waals surface area contributed by atoms with Crippen molar-refractivity contribution in [3.8, 4) is 0 Å². The summed E-state index contributed by atoms with van der Waals surface area (Å²) in [4.78, 5) is -0.00491. The van der Waals surface area contributed by atoms with Crippen LogP contribution in [0.4, 0.5) is 0 Å². The summed E-state index contributed by atoms with van der Waals surface area (Å²) >= 11 is 0. The van der Waals surface area contributed by atoms with Crippen molar-refractivity contribution in [2.24, 2.45) is 0 Å². The van der Waals surface area contributed by atoms with Gasteiger partial charge in [0, 0.05) is 0 Å². The highest BCUT2D eigenvalue weighted by Gasteiger charge is 2.13. The molecule has 0 unspecified atom stereocenters. The van der Waals surface area contributed by atoms with E-state index in [1.54, 1.807) is 0 Å². The molecule has 0 radical (unpaired) electrons. The van der Waals surface area contributed by atoms with E-state index >= 15 is 0 Å². The zero-order valence-corrected chi connectivity index (χ0v) is 10.7. The Kier molecular flexibility index (Phi) is 4.10. The van der Waals surface area contributed by atoms with Gasteiger partial charge in [-0.3, -0.25) is 0 Å². The molecule has 16 heavy (non-hydrogen) atoms. The van der Waals surface area contributed by atoms with Crippen LogP contribution in [0.2, 0.25) is 0 Å². The molecule has 3 nitrogen and oxygen atoms in total. The number of hydrogen-bond acceptors (Lipinski definition) is 3. The van der Waals surface area contributed by atoms with E-state index in [0.29, 0.717) is 24.0 Å². The topological polar surface area (TPSA) is 57.2 Å². The smallest absolute Gasteiger partial charge is 0.124 e. The molecule has 90 valence electrons. The Morgan fingerprint density at radius 2 is 1.44 bits per heavy atom. The normalized spacial score (nSPS) is 11.8. The van der Waals surface area contributed by atoms with Gasteiger partial charge >= 0.3 is 0 Å². The fourth-order valence-electron chi connectivity index (χ4n) is 1.88. The molecule has 0 aliphatic heterocycles. The Hall–Kier alpha value is -0.870. The monoisotopic (exact) mass is 241 g/mol. The van der Waals surface area contributed by atoms with Crippen molar-refractivity contribution in [1.82, 2.24) is 0 Å². The molecule has 0 aromatic heterocycles. The van der Waals surface area contributed by atoms with Gasteiger partial charge in [0.15, 0.2) is 0 Å². The van der Waals surface area contributed by atoms with Gasteiger partial charge < -0.3 is 4.55 Å². The van der Waals surface area contributed by atoms with Crippen LogP contribution in [0.25, 0.3) is 0 Å². The van der Waals surface area contributed by atoms with Gasteiger partial charge in [-0.25, -0.2) is 8.42 Å². The predicted molar refractivity (Wildman–Crippen MR) is 62.5 cm³/mol. The fourth-order valence-corrected chi connectivity index (χ4v) is 2.93. The van der Waals surface area contributed by atoms with E-state index in [1.165, 1.54) is 0 Å². The minimum atomic E-state index is -4.36. The maximum atomic E-state index is 11.2. The van der Waals surface area contributed by atoms with E-state index < -0.39 is 10.1 Å². The van der Waals surface area contributed by atoms with Crippen molar-refractivity contribution < 1.29 is 13.0 Å². The summed E-state index contributed by atoms with van der Waals surface area (Å²) in [6.07, 6.45) is 1.98. The summed E-state index contributed by atoms with van der Waals surface area (Å²) in [7, 11) is -4.36. The van der Waals surface area contributed by atoms with Crippen molar-refractivity contribution in [1.29, 1.82) is 0 Å². The van der Waals surface area contributed by atoms with Crippen LogP contribution in [0.3, 0.4) is 0 Å². The van der Waals surface area contributed by atoms with Crippen molar-refractivity contribution >= 4 is 10.1 Å². The predicted octanol–water partition coefficient (Wildman–Crippen LogP) is 2.28. The maximum absolute atomic E-state index is 11.2. The van der Waals surface area contributed by atoms with E-state index in [4.69, 9.17) is 0 Å². The maximum Gasteiger partial charge on any atom is 0.124 e. The summed E-state index contributed by atoms with van der Waals surface area (Å²) in [5.41, 5.74) is 2.37. The average Bonchev–Trinajstić information content (AvgIpc) is 2.25. The van der Waals surface area contributed by atoms with Gasteiger partial charge in [-0.05, 0) is 36.0 Å². The molecule has 0 atom stereocenters. The first-order valence-corrected chi connectivity index (χ1v) is 6.95. The molecule has 0 heterocycles. The van der Waals surface area contributed by atoms with Crippen molar-refractivity contribution in [2.75, 3.05) is 0 Å². The van der Waals surface area contributed by atoms with Gasteiger partial charge in [0.25, 0.3) is 0 Å². The van der Waals surface area contributed by atoms with Crippen molar-refractivity contribution in [3.05, 3.63) is 28.8 Å². The first-order chi connectivity index (χ1) is 7.43. The minimum absolute atomic E-state index is 0.00491. The highest BCUT2D eigenvalue weighted by atomic mass is 32.2. The molecule has 0 amide bonds. The van der Waals surface area contributed by atoms with Crippen LogP contribution in [0.15, 0.2) is 17.0 Å². The van der Waals surface area contributed by atoms with Crippen LogP contribution in [0.1, 0.15) is 37.5 Å². The van der Waals surface area contributed by atoms with Gasteiger partial charge in [-0.1, -0.05) is 32.9 Å². The first-order valence-electron chi connectivity index (χ1n) is 5.54. The Morgan fingerprint density at radius 1 is 1.00 bits per heavy atom. The second-order valence-electron chi connectivity index (χ2n) is 3.76. The van der Waals surface area contributed by atoms with E-state index in [2.05, 4.69) is 0 Å². The number of rotatable bonds is 4. The largest absolute Gasteiger partial charge is 0.744 e. The Bertz CT molecular complexity index is 450. The average molecular weight is 241 g/mol. The van der Waals surface area contributed by atoms with Gasteiger partial charge in [0.2, 0.25) is 0 Å². The fraction of sp³-hybridized carbons (Fsp3) is 0.500. The van der Waals surface area contributed by atoms with Crippen LogP contribution in [0.5, 0.6) is 0 Å². The van der Waals surface area contributed by atoms with Crippen molar-refractivity contribution in [3.63, 3.8) is 0 Å². The molecule has 0 spiro atoms. The number of benzene rings is 1. The van der Waals surface area contributed by atoms with Crippen molar-refractivity contribution in [2.45, 2.75) is 44.9 Å². The quantitative estimate of drug-likeness (QED) is 0.760. The summed E-state index contributed by atoms with van der Waals surface area (Å²) in [5, 5.41) is 0. The standard InChI is InChI=1S/C12H18O3S/c1-4-9-7-10(5-2)12(16(13,14)15)11(6-3)8-9/h7-8H,4-6H2,1-3H3,(H,13,14,15)/p-1. The third-order valence-electron chi connectivity index (χ3n) is 2.72. The molecule has 1 aromatic carbocycles. The van der Waals surface area contributed by atoms with E-state index in [9.17, 15) is 13.0 Å². The van der Waals surface area contributed by atoms with Crippen LogP contribution >= 0.6 is 0 Å². The van der Waals surface area contributed by atoms with E-state index in [0.717, 1.165) is 12.0 Å². The van der Waals surface area contributed by atoms with Crippen LogP contribution in [-0.4, -0.2) is 13.0 Å². The molecule has 0 bridgehead atoms. The second-order valence-corrected chi connectivity index (χ2v) is 5.07. The lowest BCUT2D eigenvalue weighted by Crippen LogP contribution is -2.08. The number of hydrogen-bond donors (Lipinski definition) is 0. The Balaban J connectivity index is 3.57. The Morgan fingerprint density at radius 3 is 1.69 bits per heavy atom. The third-order valence-corrected chi connectivity index (χ3v) is 3.75. The lowest BCUT2D eigenvalue weighted by Gasteiger charge is -2.17. The lowest BCUT2D eigenvalue weighted by atomic mass is 10.0. The number of aryl methyl sites for hydroxylation is 3. The highest BCUT2D eigenvalue weighted by Crippen LogP contribution is 2.24. The first kappa shape index (κ1) is 13.2. The molecule has 1 aromatic rings. The zero-order valence-electron chi connectivity index (χ0n) is 9.91. The SMILES string of the molecule is CCc1cc(CC)c(S(=O)(=O)[O-])c(CC)c1. The molecule has 0 N–H and O–H groups in total. The molecular formula is C12H17O3S-. The zero-order chi connectivity index (χ0) is 12.3. The summed E-state index contributed by atoms with van der Waals surface area (Å²) in [5.74, 6) is 0. The minimum Gasteiger partial charge on any atom is -0.744 e. The van der Waals surface area contributed by atoms with Crippen LogP contribution < -0.4 is 0 Å². The van der Waals surface area contributed by atoms with Gasteiger partial charge in [-0.2, -0.15) is 0 Å². The summed E-state index contributed by atoms with van der Waals surface area (Å²) in [6, 6.07) is 3.65. The van der Waals surface area contributed by atoms with Gasteiger partial charge in [-0.15, -0.1) is 0 Å². The third kappa shape index (κ3) is 2.62. The molecule has 0 saturated carbocycles. The summed E-state index contributed by atoms with van der Waals surface area (Å²) in [6.45, 7) is 5.74. The molecule has 0 saturated heterocycles. The Labute approximate surface area is 97.2 Å². The van der Waals surface area contributed by atoms with Crippen LogP contribution in [0, 0.1) is 0 Å². The molecule has 0 fully saturated rings. The highest BCUT2D eigenvalue weighted by molar-refractivity contribution is 7.85. The van der Waals surface area contributed by atoms with E-state index in [1.807, 2.05) is 32.9 Å². The molecule has 1 rings (SSSR count). The second kappa shape index (κ2) is 4.97. The molecule has 0 aliphatic carbocycles. The van der Waals surface area contributed by atoms with Gasteiger partial charge in [0.1, 0.15) is 10.1 Å². The lowest BCUT2D eigenvalue weighted by molar-refractivity contribution is 0.461. The van der Waals surface area contributed by atoms with Gasteiger partial charge in [0.05, 0.1) is 4.90 Å². The molecule has 0 aliphatic rings. The van der Waals surface area contributed by atoms with E-state index in [-0.39, 0.29) is 4.90 Å². The molecular weight excluding hydrogens is 224 g/mol. The van der Waals surface area contributed by atoms with Crippen LogP contribution in [-0.2, 0) is 29.4 Å². The summed E-state index contributed by atoms with van der Waals surface area (Å²) < 4.78 is 33.7.